The second-order valence-electron chi connectivity index (χ2n) is 10.1. The van der Waals surface area contributed by atoms with Gasteiger partial charge in [-0.05, 0) is 73.3 Å². The van der Waals surface area contributed by atoms with Gasteiger partial charge in [0.1, 0.15) is 6.29 Å². The van der Waals surface area contributed by atoms with Gasteiger partial charge in [0.15, 0.2) is 0 Å². The lowest BCUT2D eigenvalue weighted by molar-refractivity contribution is -0.106. The summed E-state index contributed by atoms with van der Waals surface area (Å²) in [4.78, 5) is 11.8. The van der Waals surface area contributed by atoms with E-state index in [0.29, 0.717) is 11.3 Å². The Balaban J connectivity index is 1.50. The number of rotatable bonds is 2. The molecule has 1 heterocycles. The lowest BCUT2D eigenvalue weighted by Gasteiger charge is -2.55. The number of hydrogen-bond acceptors (Lipinski definition) is 2. The normalized spacial score (nSPS) is 48.9. The maximum atomic E-state index is 11.8. The molecule has 4 aliphatic carbocycles. The molecule has 0 amide bonds. The van der Waals surface area contributed by atoms with E-state index in [1.807, 2.05) is 0 Å². The van der Waals surface area contributed by atoms with Crippen LogP contribution < -0.4 is 5.32 Å². The maximum Gasteiger partial charge on any atom is 0.147 e. The molecule has 6 unspecified atom stereocenters. The molecular formula is C23H33NO. The molecule has 0 radical (unpaired) electrons. The summed E-state index contributed by atoms with van der Waals surface area (Å²) in [6.07, 6.45) is 18.1. The van der Waals surface area contributed by atoms with Crippen LogP contribution in [0.1, 0.15) is 71.6 Å². The van der Waals surface area contributed by atoms with Crippen molar-refractivity contribution in [3.63, 3.8) is 0 Å². The van der Waals surface area contributed by atoms with E-state index in [1.54, 1.807) is 0 Å². The van der Waals surface area contributed by atoms with Crippen molar-refractivity contribution in [2.45, 2.75) is 71.6 Å². The Labute approximate surface area is 152 Å². The number of nitrogens with one attached hydrogen (secondary N) is 1. The van der Waals surface area contributed by atoms with Crippen LogP contribution in [0.15, 0.2) is 23.5 Å². The summed E-state index contributed by atoms with van der Waals surface area (Å²) < 4.78 is 0. The smallest absolute Gasteiger partial charge is 0.147 e. The predicted molar refractivity (Wildman–Crippen MR) is 101 cm³/mol. The van der Waals surface area contributed by atoms with Crippen LogP contribution in [0.3, 0.4) is 0 Å². The lowest BCUT2D eigenvalue weighted by atomic mass is 9.49. The zero-order chi connectivity index (χ0) is 17.2. The van der Waals surface area contributed by atoms with Crippen LogP contribution in [-0.4, -0.2) is 6.29 Å². The third-order valence-corrected chi connectivity index (χ3v) is 9.36. The Hall–Kier alpha value is -1.05. The highest BCUT2D eigenvalue weighted by Crippen LogP contribution is 2.67. The van der Waals surface area contributed by atoms with Gasteiger partial charge in [-0.3, -0.25) is 4.79 Å². The summed E-state index contributed by atoms with van der Waals surface area (Å²) in [5.74, 6) is 4.21. The van der Waals surface area contributed by atoms with Crippen molar-refractivity contribution in [3.8, 4) is 0 Å². The molecule has 0 aromatic carbocycles. The summed E-state index contributed by atoms with van der Waals surface area (Å²) in [6.45, 7) is 5.01. The fourth-order valence-corrected chi connectivity index (χ4v) is 8.24. The Morgan fingerprint density at radius 3 is 2.56 bits per heavy atom. The van der Waals surface area contributed by atoms with Crippen molar-refractivity contribution in [1.29, 1.82) is 0 Å². The molecule has 25 heavy (non-hydrogen) atoms. The average Bonchev–Trinajstić information content (AvgIpc) is 3.31. The van der Waals surface area contributed by atoms with Crippen molar-refractivity contribution in [2.24, 2.45) is 40.4 Å². The van der Waals surface area contributed by atoms with Gasteiger partial charge in [0.25, 0.3) is 0 Å². The molecule has 1 aliphatic heterocycles. The number of allylic oxidation sites excluding steroid dienone is 2. The van der Waals surface area contributed by atoms with Crippen LogP contribution in [0, 0.1) is 40.4 Å². The van der Waals surface area contributed by atoms with Gasteiger partial charge in [-0.15, -0.1) is 0 Å². The molecule has 3 saturated carbocycles. The van der Waals surface area contributed by atoms with Crippen LogP contribution >= 0.6 is 0 Å². The Kier molecular flexibility index (Phi) is 3.53. The standard InChI is InChI=1S/C23H33NO/c1-22-10-9-20-17(13-16(14-25)21-23(20,2)11-12-24-21)19(22)8-7-18(22)15-5-3-4-6-15/h11-12,14-15,17-20,24H,3-10,13H2,1-2H3. The number of fused-ring (bicyclic) bond motifs is 5. The van der Waals surface area contributed by atoms with Gasteiger partial charge >= 0.3 is 0 Å². The minimum atomic E-state index is 0.0753. The van der Waals surface area contributed by atoms with Gasteiger partial charge in [-0.1, -0.05) is 45.6 Å². The van der Waals surface area contributed by atoms with Crippen molar-refractivity contribution in [1.82, 2.24) is 5.32 Å². The van der Waals surface area contributed by atoms with E-state index in [1.165, 1.54) is 57.1 Å². The van der Waals surface area contributed by atoms with Crippen LogP contribution in [-0.2, 0) is 4.79 Å². The van der Waals surface area contributed by atoms with Crippen molar-refractivity contribution in [3.05, 3.63) is 23.5 Å². The summed E-state index contributed by atoms with van der Waals surface area (Å²) in [6, 6.07) is 0. The monoisotopic (exact) mass is 339 g/mol. The van der Waals surface area contributed by atoms with E-state index in [2.05, 4.69) is 31.4 Å². The van der Waals surface area contributed by atoms with Gasteiger partial charge in [0.05, 0.1) is 0 Å². The van der Waals surface area contributed by atoms with Crippen molar-refractivity contribution < 1.29 is 4.79 Å². The molecule has 0 saturated heterocycles. The number of carbonyl (C=O) groups excluding carboxylic acids is 1. The Bertz CT molecular complexity index is 642. The molecule has 2 nitrogen and oxygen atoms in total. The summed E-state index contributed by atoms with van der Waals surface area (Å²) in [5.41, 5.74) is 2.89. The second kappa shape index (κ2) is 5.47. The third-order valence-electron chi connectivity index (χ3n) is 9.36. The topological polar surface area (TPSA) is 29.1 Å². The molecule has 3 fully saturated rings. The number of hydrogen-bond donors (Lipinski definition) is 1. The third kappa shape index (κ3) is 2.06. The minimum Gasteiger partial charge on any atom is -0.364 e. The van der Waals surface area contributed by atoms with Crippen molar-refractivity contribution in [2.75, 3.05) is 0 Å². The van der Waals surface area contributed by atoms with E-state index >= 15 is 0 Å². The largest absolute Gasteiger partial charge is 0.364 e. The lowest BCUT2D eigenvalue weighted by Crippen LogP contribution is -2.50. The van der Waals surface area contributed by atoms with Crippen molar-refractivity contribution >= 4 is 6.29 Å². The summed E-state index contributed by atoms with van der Waals surface area (Å²) in [7, 11) is 0. The summed E-state index contributed by atoms with van der Waals surface area (Å²) in [5, 5.41) is 3.42. The van der Waals surface area contributed by atoms with Crippen LogP contribution in [0.4, 0.5) is 0 Å². The highest BCUT2D eigenvalue weighted by Gasteiger charge is 2.60. The average molecular weight is 340 g/mol. The zero-order valence-corrected chi connectivity index (χ0v) is 15.9. The number of aldehydes is 1. The summed E-state index contributed by atoms with van der Waals surface area (Å²) >= 11 is 0. The van der Waals surface area contributed by atoms with E-state index in [0.717, 1.165) is 42.0 Å². The Morgan fingerprint density at radius 2 is 1.80 bits per heavy atom. The second-order valence-corrected chi connectivity index (χ2v) is 10.1. The first-order valence-electron chi connectivity index (χ1n) is 10.7. The van der Waals surface area contributed by atoms with Crippen LogP contribution in [0.2, 0.25) is 0 Å². The minimum absolute atomic E-state index is 0.0753. The molecule has 5 rings (SSSR count). The molecule has 136 valence electrons. The van der Waals surface area contributed by atoms with Gasteiger partial charge in [-0.2, -0.15) is 0 Å². The molecule has 2 heteroatoms. The highest BCUT2D eigenvalue weighted by molar-refractivity contribution is 5.76. The SMILES string of the molecule is CC12C=CNC1=C(C=O)CC1C2CCC2(C)C(C3CCCC3)CCC12. The first-order valence-corrected chi connectivity index (χ1v) is 10.7. The highest BCUT2D eigenvalue weighted by atomic mass is 16.1. The molecule has 6 atom stereocenters. The van der Waals surface area contributed by atoms with E-state index in [4.69, 9.17) is 0 Å². The van der Waals surface area contributed by atoms with Crippen LogP contribution in [0.25, 0.3) is 0 Å². The molecule has 0 aromatic rings. The predicted octanol–water partition coefficient (Wildman–Crippen LogP) is 5.22. The van der Waals surface area contributed by atoms with Gasteiger partial charge in [-0.25, -0.2) is 0 Å². The zero-order valence-electron chi connectivity index (χ0n) is 15.9. The first-order chi connectivity index (χ1) is 12.1. The molecule has 0 aromatic heterocycles. The maximum absolute atomic E-state index is 11.8. The van der Waals surface area contributed by atoms with Gasteiger partial charge in [0, 0.05) is 16.7 Å². The molecular weight excluding hydrogens is 306 g/mol. The van der Waals surface area contributed by atoms with E-state index in [-0.39, 0.29) is 5.41 Å². The fraction of sp³-hybridized carbons (Fsp3) is 0.783. The quantitative estimate of drug-likeness (QED) is 0.699. The van der Waals surface area contributed by atoms with Crippen LogP contribution in [0.5, 0.6) is 0 Å². The Morgan fingerprint density at radius 1 is 1.04 bits per heavy atom. The molecule has 0 bridgehead atoms. The van der Waals surface area contributed by atoms with E-state index in [9.17, 15) is 4.79 Å². The first kappa shape index (κ1) is 16.1. The van der Waals surface area contributed by atoms with Gasteiger partial charge in [0.2, 0.25) is 0 Å². The molecule has 5 aliphatic rings. The molecule has 1 N–H and O–H groups in total. The fourth-order valence-electron chi connectivity index (χ4n) is 8.24. The number of carbonyl (C=O) groups is 1. The van der Waals surface area contributed by atoms with Gasteiger partial charge < -0.3 is 5.32 Å². The van der Waals surface area contributed by atoms with E-state index < -0.39 is 0 Å². The molecule has 0 spiro atoms.